The predicted molar refractivity (Wildman–Crippen MR) is 126 cm³/mol. The zero-order valence-electron chi connectivity index (χ0n) is 19.2. The average molecular weight is 468 g/mol. The smallest absolute Gasteiger partial charge is 0.306 e. The molecule has 1 amide bonds. The largest absolute Gasteiger partial charge is 0.481 e. The fraction of sp³-hybridized carbons (Fsp3) is 0.913. The summed E-state index contributed by atoms with van der Waals surface area (Å²) in [5.41, 5.74) is 9.18. The van der Waals surface area contributed by atoms with E-state index in [1.165, 1.54) is 64.2 Å². The maximum atomic E-state index is 13.0. The highest BCUT2D eigenvalue weighted by atomic mass is 32.2. The number of amides is 1. The first kappa shape index (κ1) is 24.3. The molecule has 0 aromatic rings. The van der Waals surface area contributed by atoms with Crippen LogP contribution in [0.3, 0.4) is 0 Å². The number of nitrogens with one attached hydrogen (secondary N) is 4. The van der Waals surface area contributed by atoms with Gasteiger partial charge in [-0.1, -0.05) is 44.9 Å². The Balaban J connectivity index is 1.29. The van der Waals surface area contributed by atoms with E-state index in [-0.39, 0.29) is 23.4 Å². The fourth-order valence-corrected chi connectivity index (χ4v) is 7.24. The first-order chi connectivity index (χ1) is 15.6. The van der Waals surface area contributed by atoms with Gasteiger partial charge >= 0.3 is 5.97 Å². The van der Waals surface area contributed by atoms with Crippen LogP contribution in [0.15, 0.2) is 0 Å². The molecule has 1 saturated heterocycles. The van der Waals surface area contributed by atoms with E-state index in [1.807, 2.05) is 0 Å². The van der Waals surface area contributed by atoms with E-state index in [4.69, 9.17) is 0 Å². The minimum atomic E-state index is -0.699. The van der Waals surface area contributed by atoms with Gasteiger partial charge in [0.05, 0.1) is 11.7 Å². The summed E-state index contributed by atoms with van der Waals surface area (Å²) < 4.78 is 0. The second kappa shape index (κ2) is 12.0. The number of carboxylic acid groups (broad SMARTS) is 1. The van der Waals surface area contributed by atoms with Crippen LogP contribution in [0.2, 0.25) is 0 Å². The lowest BCUT2D eigenvalue weighted by atomic mass is 9.74. The van der Waals surface area contributed by atoms with E-state index >= 15 is 0 Å². The van der Waals surface area contributed by atoms with Crippen molar-refractivity contribution in [3.8, 4) is 0 Å². The molecule has 9 heteroatoms. The van der Waals surface area contributed by atoms with Crippen molar-refractivity contribution in [2.24, 2.45) is 17.8 Å². The molecule has 3 atom stereocenters. The van der Waals surface area contributed by atoms with E-state index in [2.05, 4.69) is 26.8 Å². The van der Waals surface area contributed by atoms with Crippen molar-refractivity contribution in [3.63, 3.8) is 0 Å². The quantitative estimate of drug-likeness (QED) is 0.371. The maximum Gasteiger partial charge on any atom is 0.306 e. The number of carbonyl (C=O) groups excluding carboxylic acids is 1. The fourth-order valence-electron chi connectivity index (χ4n) is 6.32. The molecular weight excluding hydrogens is 426 g/mol. The zero-order chi connectivity index (χ0) is 22.3. The van der Waals surface area contributed by atoms with Gasteiger partial charge in [-0.3, -0.25) is 9.59 Å². The van der Waals surface area contributed by atoms with Crippen LogP contribution in [-0.2, 0) is 9.59 Å². The molecule has 0 bridgehead atoms. The third-order valence-corrected chi connectivity index (χ3v) is 9.13. The molecule has 182 valence electrons. The van der Waals surface area contributed by atoms with Crippen LogP contribution in [-0.4, -0.2) is 45.3 Å². The molecule has 0 aromatic carbocycles. The molecule has 1 aliphatic heterocycles. The Morgan fingerprint density at radius 3 is 2.22 bits per heavy atom. The standard InChI is InChI=1S/C23H41N5O3S/c29-20(24-21(16-8-3-1-4-9-16)17-10-5-2-6-11-17)15-32-23-25-26-27-28(23)19-13-7-12-18(14-19)22(30)31/h16-19,21,23,25-27H,1-15H2,(H,24,29)(H,30,31). The minimum Gasteiger partial charge on any atom is -0.481 e. The lowest BCUT2D eigenvalue weighted by Crippen LogP contribution is -2.50. The summed E-state index contributed by atoms with van der Waals surface area (Å²) >= 11 is 1.57. The van der Waals surface area contributed by atoms with E-state index in [1.54, 1.807) is 11.8 Å². The summed E-state index contributed by atoms with van der Waals surface area (Å²) in [4.78, 5) is 24.5. The van der Waals surface area contributed by atoms with Gasteiger partial charge in [-0.2, -0.15) is 16.1 Å². The Bertz CT molecular complexity index is 609. The number of aliphatic carboxylic acids is 1. The Hall–Kier alpha value is -0.870. The summed E-state index contributed by atoms with van der Waals surface area (Å²) in [7, 11) is 0. The van der Waals surface area contributed by atoms with Gasteiger partial charge in [0.2, 0.25) is 5.91 Å². The molecule has 32 heavy (non-hydrogen) atoms. The van der Waals surface area contributed by atoms with Gasteiger partial charge in [-0.15, -0.1) is 11.8 Å². The van der Waals surface area contributed by atoms with Crippen LogP contribution < -0.4 is 21.8 Å². The monoisotopic (exact) mass is 467 g/mol. The van der Waals surface area contributed by atoms with Gasteiger partial charge in [-0.25, -0.2) is 5.43 Å². The number of hydrazine groups is 3. The number of thioether (sulfide) groups is 1. The van der Waals surface area contributed by atoms with Crippen LogP contribution in [0, 0.1) is 17.8 Å². The van der Waals surface area contributed by atoms with Gasteiger partial charge in [0.1, 0.15) is 5.50 Å². The van der Waals surface area contributed by atoms with E-state index in [0.717, 1.165) is 19.3 Å². The number of carboxylic acids is 1. The highest BCUT2D eigenvalue weighted by Gasteiger charge is 2.37. The molecular formula is C23H41N5O3S. The molecule has 0 spiro atoms. The number of hydrogen-bond donors (Lipinski definition) is 5. The van der Waals surface area contributed by atoms with Crippen LogP contribution in [0.5, 0.6) is 0 Å². The van der Waals surface area contributed by atoms with Gasteiger partial charge in [0, 0.05) is 12.1 Å². The molecule has 4 aliphatic rings. The van der Waals surface area contributed by atoms with Crippen molar-refractivity contribution in [1.82, 2.24) is 26.8 Å². The van der Waals surface area contributed by atoms with E-state index in [9.17, 15) is 14.7 Å². The Morgan fingerprint density at radius 2 is 1.59 bits per heavy atom. The Morgan fingerprint density at radius 1 is 0.938 bits per heavy atom. The third-order valence-electron chi connectivity index (χ3n) is 8.04. The normalized spacial score (nSPS) is 31.1. The SMILES string of the molecule is O=C(CSC1NNNN1C1CCCC(C(=O)O)C1)NC(C1CCCCC1)C1CCCCC1. The molecule has 0 radical (unpaired) electrons. The lowest BCUT2D eigenvalue weighted by molar-refractivity contribution is -0.143. The summed E-state index contributed by atoms with van der Waals surface area (Å²) in [5, 5.41) is 14.9. The van der Waals surface area contributed by atoms with Gasteiger partial charge in [0.25, 0.3) is 0 Å². The van der Waals surface area contributed by atoms with Crippen LogP contribution in [0.25, 0.3) is 0 Å². The van der Waals surface area contributed by atoms with Crippen LogP contribution in [0.4, 0.5) is 0 Å². The van der Waals surface area contributed by atoms with Gasteiger partial charge in [0.15, 0.2) is 0 Å². The molecule has 3 saturated carbocycles. The van der Waals surface area contributed by atoms with Crippen molar-refractivity contribution in [2.45, 2.75) is 107 Å². The highest BCUT2D eigenvalue weighted by Crippen LogP contribution is 2.36. The third kappa shape index (κ3) is 6.38. The minimum absolute atomic E-state index is 0.0962. The number of hydrogen-bond acceptors (Lipinski definition) is 7. The first-order valence-corrected chi connectivity index (χ1v) is 13.8. The second-order valence-electron chi connectivity index (χ2n) is 10.2. The van der Waals surface area contributed by atoms with Crippen molar-refractivity contribution in [1.29, 1.82) is 0 Å². The lowest BCUT2D eigenvalue weighted by Gasteiger charge is -2.38. The van der Waals surface area contributed by atoms with Gasteiger partial charge in [-0.05, 0) is 56.8 Å². The molecule has 8 nitrogen and oxygen atoms in total. The Kier molecular flexibility index (Phi) is 9.11. The summed E-state index contributed by atoms with van der Waals surface area (Å²) in [5.74, 6) is 0.840. The molecule has 4 fully saturated rings. The topological polar surface area (TPSA) is 106 Å². The summed E-state index contributed by atoms with van der Waals surface area (Å²) in [6.45, 7) is 0. The Labute approximate surface area is 196 Å². The number of rotatable bonds is 8. The molecule has 1 heterocycles. The molecule has 5 N–H and O–H groups in total. The number of carbonyl (C=O) groups is 2. The van der Waals surface area contributed by atoms with Gasteiger partial charge < -0.3 is 10.4 Å². The number of nitrogens with zero attached hydrogens (tertiary/aromatic N) is 1. The van der Waals surface area contributed by atoms with Crippen molar-refractivity contribution in [2.75, 3.05) is 5.75 Å². The van der Waals surface area contributed by atoms with Crippen LogP contribution >= 0.6 is 11.8 Å². The van der Waals surface area contributed by atoms with Crippen molar-refractivity contribution >= 4 is 23.6 Å². The molecule has 3 aliphatic carbocycles. The summed E-state index contributed by atoms with van der Waals surface area (Å²) in [6, 6.07) is 0.479. The zero-order valence-corrected chi connectivity index (χ0v) is 20.0. The average Bonchev–Trinajstić information content (AvgIpc) is 3.31. The van der Waals surface area contributed by atoms with Crippen molar-refractivity contribution in [3.05, 3.63) is 0 Å². The second-order valence-corrected chi connectivity index (χ2v) is 11.3. The van der Waals surface area contributed by atoms with Crippen LogP contribution in [0.1, 0.15) is 89.9 Å². The molecule has 4 rings (SSSR count). The summed E-state index contributed by atoms with van der Waals surface area (Å²) in [6.07, 6.45) is 16.2. The van der Waals surface area contributed by atoms with Crippen molar-refractivity contribution < 1.29 is 14.7 Å². The molecule has 3 unspecified atom stereocenters. The predicted octanol–water partition coefficient (Wildman–Crippen LogP) is 3.12. The first-order valence-electron chi connectivity index (χ1n) is 12.8. The molecule has 0 aromatic heterocycles. The maximum absolute atomic E-state index is 13.0. The van der Waals surface area contributed by atoms with E-state index < -0.39 is 5.97 Å². The van der Waals surface area contributed by atoms with E-state index in [0.29, 0.717) is 30.1 Å². The highest BCUT2D eigenvalue weighted by molar-refractivity contribution is 8.00.